The molecular weight excluding hydrogens is 375 g/mol. The summed E-state index contributed by atoms with van der Waals surface area (Å²) in [5.41, 5.74) is 5.16. The summed E-state index contributed by atoms with van der Waals surface area (Å²) in [7, 11) is 0. The molecule has 2 rings (SSSR count). The van der Waals surface area contributed by atoms with E-state index in [1.165, 1.54) is 0 Å². The highest BCUT2D eigenvalue weighted by molar-refractivity contribution is 9.10. The van der Waals surface area contributed by atoms with E-state index in [1.54, 1.807) is 18.2 Å². The van der Waals surface area contributed by atoms with Crippen molar-refractivity contribution in [2.45, 2.75) is 13.0 Å². The molecule has 0 fully saturated rings. The van der Waals surface area contributed by atoms with Crippen LogP contribution in [-0.2, 0) is 0 Å². The van der Waals surface area contributed by atoms with Crippen LogP contribution in [0.2, 0.25) is 0 Å². The Labute approximate surface area is 128 Å². The second kappa shape index (κ2) is 6.13. The quantitative estimate of drug-likeness (QED) is 0.611. The average molecular weight is 388 g/mol. The van der Waals surface area contributed by atoms with Gasteiger partial charge in [-0.2, -0.15) is 0 Å². The molecule has 1 unspecified atom stereocenters. The summed E-state index contributed by atoms with van der Waals surface area (Å²) in [6, 6.07) is 10.6. The summed E-state index contributed by atoms with van der Waals surface area (Å²) in [5, 5.41) is 0. The number of hydrogen-bond donors (Lipinski definition) is 2. The first-order valence-electron chi connectivity index (χ1n) is 5.71. The lowest BCUT2D eigenvalue weighted by molar-refractivity contribution is 0.555. The van der Waals surface area contributed by atoms with Crippen LogP contribution in [0.1, 0.15) is 22.7 Å². The van der Waals surface area contributed by atoms with E-state index < -0.39 is 6.04 Å². The van der Waals surface area contributed by atoms with E-state index in [0.717, 1.165) is 15.6 Å². The molecule has 0 radical (unpaired) electrons. The van der Waals surface area contributed by atoms with E-state index in [4.69, 9.17) is 5.84 Å². The maximum absolute atomic E-state index is 14.2. The lowest BCUT2D eigenvalue weighted by Gasteiger charge is -2.20. The standard InChI is InChI=1S/C14H13Br2FN2/c1-8-4-2-5-9(12(8)16)14(19-18)10-6-3-7-11(15)13(10)17/h2-7,14,19H,18H2,1H3. The maximum atomic E-state index is 14.2. The average Bonchev–Trinajstić information content (AvgIpc) is 2.40. The maximum Gasteiger partial charge on any atom is 0.142 e. The van der Waals surface area contributed by atoms with Gasteiger partial charge in [0.2, 0.25) is 0 Å². The summed E-state index contributed by atoms with van der Waals surface area (Å²) in [6.07, 6.45) is 0. The Morgan fingerprint density at radius 1 is 1.11 bits per heavy atom. The molecule has 0 spiro atoms. The molecule has 100 valence electrons. The fourth-order valence-electron chi connectivity index (χ4n) is 1.98. The molecule has 5 heteroatoms. The van der Waals surface area contributed by atoms with Gasteiger partial charge in [0.1, 0.15) is 5.82 Å². The second-order valence-corrected chi connectivity index (χ2v) is 5.87. The number of nitrogens with one attached hydrogen (secondary N) is 1. The van der Waals surface area contributed by atoms with Crippen molar-refractivity contribution in [2.24, 2.45) is 5.84 Å². The van der Waals surface area contributed by atoms with Crippen molar-refractivity contribution in [1.82, 2.24) is 5.43 Å². The highest BCUT2D eigenvalue weighted by atomic mass is 79.9. The highest BCUT2D eigenvalue weighted by Crippen LogP contribution is 2.33. The van der Waals surface area contributed by atoms with E-state index >= 15 is 0 Å². The molecule has 2 aromatic carbocycles. The summed E-state index contributed by atoms with van der Waals surface area (Å²) in [5.74, 6) is 5.32. The molecule has 1 atom stereocenters. The minimum Gasteiger partial charge on any atom is -0.271 e. The number of rotatable bonds is 3. The van der Waals surface area contributed by atoms with Gasteiger partial charge < -0.3 is 0 Å². The number of hydrazine groups is 1. The first-order chi connectivity index (χ1) is 9.06. The van der Waals surface area contributed by atoms with Crippen LogP contribution in [0.3, 0.4) is 0 Å². The van der Waals surface area contributed by atoms with Gasteiger partial charge in [-0.05, 0) is 40.0 Å². The Morgan fingerprint density at radius 2 is 1.74 bits per heavy atom. The van der Waals surface area contributed by atoms with E-state index in [2.05, 4.69) is 37.3 Å². The number of nitrogens with two attached hydrogens (primary N) is 1. The molecule has 19 heavy (non-hydrogen) atoms. The minimum atomic E-state index is -0.410. The smallest absolute Gasteiger partial charge is 0.142 e. The van der Waals surface area contributed by atoms with Gasteiger partial charge in [-0.15, -0.1) is 0 Å². The number of hydrogen-bond acceptors (Lipinski definition) is 2. The third-order valence-electron chi connectivity index (χ3n) is 2.99. The predicted molar refractivity (Wildman–Crippen MR) is 82.1 cm³/mol. The Bertz CT molecular complexity index is 550. The van der Waals surface area contributed by atoms with E-state index in [1.807, 2.05) is 25.1 Å². The van der Waals surface area contributed by atoms with Crippen molar-refractivity contribution in [2.75, 3.05) is 0 Å². The Hall–Kier alpha value is -0.750. The van der Waals surface area contributed by atoms with Gasteiger partial charge in [0, 0.05) is 10.0 Å². The lowest BCUT2D eigenvalue weighted by atomic mass is 9.97. The van der Waals surface area contributed by atoms with Gasteiger partial charge in [0.15, 0.2) is 0 Å². The predicted octanol–water partition coefficient (Wildman–Crippen LogP) is 4.21. The number of halogens is 3. The summed E-state index contributed by atoms with van der Waals surface area (Å²) >= 11 is 6.73. The molecule has 2 aromatic rings. The van der Waals surface area contributed by atoms with Crippen LogP contribution in [-0.4, -0.2) is 0 Å². The van der Waals surface area contributed by atoms with Crippen LogP contribution in [0.4, 0.5) is 4.39 Å². The Kier molecular flexibility index (Phi) is 4.73. The zero-order valence-electron chi connectivity index (χ0n) is 10.3. The summed E-state index contributed by atoms with van der Waals surface area (Å²) < 4.78 is 15.6. The van der Waals surface area contributed by atoms with Crippen LogP contribution in [0, 0.1) is 12.7 Å². The van der Waals surface area contributed by atoms with Crippen molar-refractivity contribution in [3.8, 4) is 0 Å². The van der Waals surface area contributed by atoms with E-state index in [-0.39, 0.29) is 5.82 Å². The van der Waals surface area contributed by atoms with Crippen LogP contribution in [0.15, 0.2) is 45.3 Å². The molecule has 0 heterocycles. The molecule has 3 N–H and O–H groups in total. The van der Waals surface area contributed by atoms with E-state index in [9.17, 15) is 4.39 Å². The fraction of sp³-hybridized carbons (Fsp3) is 0.143. The van der Waals surface area contributed by atoms with Crippen LogP contribution in [0.5, 0.6) is 0 Å². The van der Waals surface area contributed by atoms with Gasteiger partial charge in [-0.1, -0.05) is 46.3 Å². The zero-order chi connectivity index (χ0) is 14.0. The van der Waals surface area contributed by atoms with Crippen LogP contribution >= 0.6 is 31.9 Å². The van der Waals surface area contributed by atoms with Crippen molar-refractivity contribution in [3.63, 3.8) is 0 Å². The largest absolute Gasteiger partial charge is 0.271 e. The Morgan fingerprint density at radius 3 is 2.42 bits per heavy atom. The number of aryl methyl sites for hydroxylation is 1. The molecule has 0 aliphatic carbocycles. The van der Waals surface area contributed by atoms with Crippen molar-refractivity contribution in [3.05, 3.63) is 67.9 Å². The molecule has 2 nitrogen and oxygen atoms in total. The molecule has 0 aliphatic rings. The normalized spacial score (nSPS) is 12.5. The first kappa shape index (κ1) is 14.7. The van der Waals surface area contributed by atoms with Crippen molar-refractivity contribution < 1.29 is 4.39 Å². The van der Waals surface area contributed by atoms with Gasteiger partial charge >= 0.3 is 0 Å². The molecule has 0 aromatic heterocycles. The third-order valence-corrected chi connectivity index (χ3v) is 4.69. The van der Waals surface area contributed by atoms with Gasteiger partial charge in [-0.25, -0.2) is 9.82 Å². The minimum absolute atomic E-state index is 0.307. The van der Waals surface area contributed by atoms with Crippen LogP contribution in [0.25, 0.3) is 0 Å². The summed E-state index contributed by atoms with van der Waals surface area (Å²) in [4.78, 5) is 0. The van der Waals surface area contributed by atoms with Crippen molar-refractivity contribution in [1.29, 1.82) is 0 Å². The van der Waals surface area contributed by atoms with Crippen molar-refractivity contribution >= 4 is 31.9 Å². The molecule has 0 saturated carbocycles. The molecule has 0 aliphatic heterocycles. The summed E-state index contributed by atoms with van der Waals surface area (Å²) in [6.45, 7) is 1.98. The second-order valence-electron chi connectivity index (χ2n) is 4.22. The lowest BCUT2D eigenvalue weighted by Crippen LogP contribution is -2.30. The zero-order valence-corrected chi connectivity index (χ0v) is 13.4. The topological polar surface area (TPSA) is 38.0 Å². The molecule has 0 bridgehead atoms. The third kappa shape index (κ3) is 2.89. The molecule has 0 amide bonds. The van der Waals surface area contributed by atoms with E-state index in [0.29, 0.717) is 10.0 Å². The van der Waals surface area contributed by atoms with Crippen LogP contribution < -0.4 is 11.3 Å². The Balaban J connectivity index is 2.57. The monoisotopic (exact) mass is 386 g/mol. The first-order valence-corrected chi connectivity index (χ1v) is 7.30. The van der Waals surface area contributed by atoms with Gasteiger partial charge in [0.25, 0.3) is 0 Å². The molecular formula is C14H13Br2FN2. The molecule has 0 saturated heterocycles. The van der Waals surface area contributed by atoms with Gasteiger partial charge in [-0.3, -0.25) is 5.84 Å². The SMILES string of the molecule is Cc1cccc(C(NN)c2cccc(Br)c2F)c1Br. The highest BCUT2D eigenvalue weighted by Gasteiger charge is 2.20. The van der Waals surface area contributed by atoms with Gasteiger partial charge in [0.05, 0.1) is 10.5 Å². The fourth-order valence-corrected chi connectivity index (χ4v) is 2.86. The number of benzene rings is 2.